The van der Waals surface area contributed by atoms with Crippen LogP contribution in [-0.4, -0.2) is 44.1 Å². The van der Waals surface area contributed by atoms with Crippen molar-refractivity contribution in [2.75, 3.05) is 26.2 Å². The molecule has 1 N–H and O–H groups in total. The molecule has 0 spiro atoms. The molecule has 1 amide bonds. The molecule has 9 heteroatoms. The van der Waals surface area contributed by atoms with Crippen LogP contribution in [0.2, 0.25) is 0 Å². The van der Waals surface area contributed by atoms with Gasteiger partial charge in [-0.1, -0.05) is 12.1 Å². The van der Waals surface area contributed by atoms with E-state index in [1.165, 1.54) is 39.2 Å². The first-order chi connectivity index (χ1) is 17.8. The van der Waals surface area contributed by atoms with E-state index < -0.39 is 29.5 Å². The van der Waals surface area contributed by atoms with Gasteiger partial charge in [0.1, 0.15) is 28.8 Å². The monoisotopic (exact) mass is 503 g/mol. The molecule has 37 heavy (non-hydrogen) atoms. The highest BCUT2D eigenvalue weighted by Crippen LogP contribution is 2.44. The summed E-state index contributed by atoms with van der Waals surface area (Å²) in [5, 5.41) is 11.4. The Bertz CT molecular complexity index is 1380. The van der Waals surface area contributed by atoms with Gasteiger partial charge in [0, 0.05) is 12.6 Å². The Labute approximate surface area is 213 Å². The molecule has 3 aromatic carbocycles. The predicted molar refractivity (Wildman–Crippen MR) is 135 cm³/mol. The Balaban J connectivity index is 1.93. The van der Waals surface area contributed by atoms with Crippen molar-refractivity contribution in [2.45, 2.75) is 13.0 Å². The Kier molecular flexibility index (Phi) is 7.15. The topological polar surface area (TPSA) is 112 Å². The fraction of sp³-hybridized carbons (Fsp3) is 0.179. The number of anilines is 1. The lowest BCUT2D eigenvalue weighted by Crippen LogP contribution is -2.29. The average molecular weight is 504 g/mol. The first kappa shape index (κ1) is 25.3. The molecular weight excluding hydrogens is 478 g/mol. The number of Topliss-reactive ketones (excluding diaryl/α,β-unsaturated/α-hetero) is 1. The molecule has 1 unspecified atom stereocenters. The van der Waals surface area contributed by atoms with E-state index in [-0.39, 0.29) is 16.9 Å². The maximum absolute atomic E-state index is 13.4. The van der Waals surface area contributed by atoms with Crippen LogP contribution in [0.4, 0.5) is 5.69 Å². The van der Waals surface area contributed by atoms with Crippen LogP contribution in [0.1, 0.15) is 24.1 Å². The van der Waals surface area contributed by atoms with Crippen molar-refractivity contribution in [2.24, 2.45) is 0 Å². The maximum atomic E-state index is 13.4. The van der Waals surface area contributed by atoms with Crippen molar-refractivity contribution in [3.63, 3.8) is 0 Å². The van der Waals surface area contributed by atoms with Crippen LogP contribution < -0.4 is 23.8 Å². The number of ketones is 1. The third-order valence-corrected chi connectivity index (χ3v) is 5.91. The third-order valence-electron chi connectivity index (χ3n) is 5.91. The lowest BCUT2D eigenvalue weighted by atomic mass is 9.94. The first-order valence-corrected chi connectivity index (χ1v) is 11.2. The summed E-state index contributed by atoms with van der Waals surface area (Å²) >= 11 is 0. The molecule has 1 aliphatic rings. The molecule has 1 aliphatic heterocycles. The molecule has 0 saturated carbocycles. The SMILES string of the molecule is COc1ccc(N2C(=O)C(=O)/C(=C(/O)c3cc(OC)ccc3OC)C2c2ccc(OC(C)=O)cc2)cc1. The van der Waals surface area contributed by atoms with Gasteiger partial charge in [-0.3, -0.25) is 19.3 Å². The zero-order valence-corrected chi connectivity index (χ0v) is 20.7. The summed E-state index contributed by atoms with van der Waals surface area (Å²) < 4.78 is 21.0. The molecule has 0 radical (unpaired) electrons. The number of esters is 1. The number of ether oxygens (including phenoxy) is 4. The smallest absolute Gasteiger partial charge is 0.308 e. The number of hydrogen-bond acceptors (Lipinski definition) is 8. The molecule has 4 rings (SSSR count). The van der Waals surface area contributed by atoms with Gasteiger partial charge < -0.3 is 24.1 Å². The van der Waals surface area contributed by atoms with Crippen LogP contribution in [0.5, 0.6) is 23.0 Å². The van der Waals surface area contributed by atoms with E-state index in [4.69, 9.17) is 18.9 Å². The minimum atomic E-state index is -0.990. The number of benzene rings is 3. The molecular formula is C28H25NO8. The van der Waals surface area contributed by atoms with Gasteiger partial charge in [-0.05, 0) is 60.2 Å². The van der Waals surface area contributed by atoms with Gasteiger partial charge in [-0.2, -0.15) is 0 Å². The van der Waals surface area contributed by atoms with Gasteiger partial charge in [0.25, 0.3) is 11.7 Å². The summed E-state index contributed by atoms with van der Waals surface area (Å²) in [5.41, 5.74) is 0.992. The zero-order valence-electron chi connectivity index (χ0n) is 20.7. The van der Waals surface area contributed by atoms with E-state index in [0.29, 0.717) is 28.5 Å². The lowest BCUT2D eigenvalue weighted by Gasteiger charge is -2.26. The minimum absolute atomic E-state index is 0.132. The van der Waals surface area contributed by atoms with Gasteiger partial charge in [-0.25, -0.2) is 0 Å². The quantitative estimate of drug-likeness (QED) is 0.167. The first-order valence-electron chi connectivity index (χ1n) is 11.2. The van der Waals surface area contributed by atoms with Gasteiger partial charge in [-0.15, -0.1) is 0 Å². The Morgan fingerprint density at radius 1 is 0.811 bits per heavy atom. The zero-order chi connectivity index (χ0) is 26.7. The summed E-state index contributed by atoms with van der Waals surface area (Å²) in [7, 11) is 4.42. The highest BCUT2D eigenvalue weighted by atomic mass is 16.5. The highest BCUT2D eigenvalue weighted by Gasteiger charge is 2.47. The molecule has 1 saturated heterocycles. The average Bonchev–Trinajstić information content (AvgIpc) is 3.18. The van der Waals surface area contributed by atoms with E-state index in [2.05, 4.69) is 0 Å². The van der Waals surface area contributed by atoms with Crippen LogP contribution >= 0.6 is 0 Å². The van der Waals surface area contributed by atoms with Crippen molar-refractivity contribution >= 4 is 29.1 Å². The Morgan fingerprint density at radius 3 is 1.97 bits per heavy atom. The van der Waals surface area contributed by atoms with E-state index in [1.54, 1.807) is 60.7 Å². The van der Waals surface area contributed by atoms with E-state index >= 15 is 0 Å². The number of rotatable bonds is 7. The summed E-state index contributed by atoms with van der Waals surface area (Å²) in [6, 6.07) is 16.8. The van der Waals surface area contributed by atoms with Gasteiger partial charge in [0.15, 0.2) is 0 Å². The number of amides is 1. The molecule has 0 aliphatic carbocycles. The van der Waals surface area contributed by atoms with Crippen molar-refractivity contribution in [3.8, 4) is 23.0 Å². The van der Waals surface area contributed by atoms with Gasteiger partial charge >= 0.3 is 5.97 Å². The number of methoxy groups -OCH3 is 3. The second kappa shape index (κ2) is 10.4. The van der Waals surface area contributed by atoms with Crippen molar-refractivity contribution in [1.29, 1.82) is 0 Å². The summed E-state index contributed by atoms with van der Waals surface area (Å²) in [6.07, 6.45) is 0. The van der Waals surface area contributed by atoms with Crippen LogP contribution in [0, 0.1) is 0 Å². The number of carbonyl (C=O) groups excluding carboxylic acids is 3. The van der Waals surface area contributed by atoms with Crippen LogP contribution in [0.15, 0.2) is 72.3 Å². The Hall–Kier alpha value is -4.79. The summed E-state index contributed by atoms with van der Waals surface area (Å²) in [6.45, 7) is 1.29. The molecule has 0 aromatic heterocycles. The van der Waals surface area contributed by atoms with Crippen LogP contribution in [0.3, 0.4) is 0 Å². The number of hydrogen-bond donors (Lipinski definition) is 1. The van der Waals surface area contributed by atoms with E-state index in [0.717, 1.165) is 0 Å². The number of aliphatic hydroxyl groups is 1. The molecule has 0 bridgehead atoms. The number of nitrogens with zero attached hydrogens (tertiary/aromatic N) is 1. The van der Waals surface area contributed by atoms with E-state index in [9.17, 15) is 19.5 Å². The fourth-order valence-electron chi connectivity index (χ4n) is 4.19. The van der Waals surface area contributed by atoms with Crippen molar-refractivity contribution in [1.82, 2.24) is 0 Å². The summed E-state index contributed by atoms with van der Waals surface area (Å²) in [5.74, 6) is -1.00. The van der Waals surface area contributed by atoms with Crippen molar-refractivity contribution in [3.05, 3.63) is 83.4 Å². The molecule has 3 aromatic rings. The summed E-state index contributed by atoms with van der Waals surface area (Å²) in [4.78, 5) is 39.4. The van der Waals surface area contributed by atoms with Gasteiger partial charge in [0.2, 0.25) is 0 Å². The fourth-order valence-corrected chi connectivity index (χ4v) is 4.19. The highest BCUT2D eigenvalue weighted by molar-refractivity contribution is 6.51. The third kappa shape index (κ3) is 4.84. The molecule has 1 atom stereocenters. The van der Waals surface area contributed by atoms with Crippen LogP contribution in [0.25, 0.3) is 5.76 Å². The standard InChI is InChI=1S/C28H25NO8/c1-16(30)37-20-9-5-17(6-10-20)25-24(26(31)22-15-21(35-3)13-14-23(22)36-4)27(32)28(33)29(25)18-7-11-19(34-2)12-8-18/h5-15,25,31H,1-4H3/b26-24+. The maximum Gasteiger partial charge on any atom is 0.308 e. The number of aliphatic hydroxyl groups excluding tert-OH is 1. The second-order valence-corrected chi connectivity index (χ2v) is 8.10. The largest absolute Gasteiger partial charge is 0.507 e. The molecule has 9 nitrogen and oxygen atoms in total. The second-order valence-electron chi connectivity index (χ2n) is 8.10. The Morgan fingerprint density at radius 2 is 1.41 bits per heavy atom. The lowest BCUT2D eigenvalue weighted by molar-refractivity contribution is -0.132. The van der Waals surface area contributed by atoms with E-state index in [1.807, 2.05) is 0 Å². The van der Waals surface area contributed by atoms with Gasteiger partial charge in [0.05, 0.1) is 38.5 Å². The molecule has 190 valence electrons. The van der Waals surface area contributed by atoms with Crippen LogP contribution in [-0.2, 0) is 14.4 Å². The molecule has 1 heterocycles. The molecule has 1 fully saturated rings. The predicted octanol–water partition coefficient (Wildman–Crippen LogP) is 4.26. The number of carbonyl (C=O) groups is 3. The van der Waals surface area contributed by atoms with Crippen molar-refractivity contribution < 1.29 is 38.4 Å². The normalized spacial score (nSPS) is 16.4. The minimum Gasteiger partial charge on any atom is -0.507 e.